The SMILES string of the molecule is CC(C)(C)OC(=O)NC[C@@H]1CCCCN1c1nc2ccccc2n1Cc1c(F)cccc1Cl. The minimum Gasteiger partial charge on any atom is -0.444 e. The summed E-state index contributed by atoms with van der Waals surface area (Å²) in [6, 6.07) is 12.6. The lowest BCUT2D eigenvalue weighted by Crippen LogP contribution is -2.48. The van der Waals surface area contributed by atoms with Gasteiger partial charge in [-0.3, -0.25) is 0 Å². The van der Waals surface area contributed by atoms with Crippen molar-refractivity contribution in [3.05, 3.63) is 58.9 Å². The number of carbonyl (C=O) groups excluding carboxylic acids is 1. The van der Waals surface area contributed by atoms with Crippen LogP contribution in [-0.4, -0.2) is 40.4 Å². The smallest absolute Gasteiger partial charge is 0.407 e. The highest BCUT2D eigenvalue weighted by Gasteiger charge is 2.29. The van der Waals surface area contributed by atoms with Crippen molar-refractivity contribution in [1.82, 2.24) is 14.9 Å². The molecule has 1 saturated heterocycles. The molecule has 0 saturated carbocycles. The lowest BCUT2D eigenvalue weighted by Gasteiger charge is -2.37. The van der Waals surface area contributed by atoms with Crippen LogP contribution in [0.5, 0.6) is 0 Å². The molecule has 1 N–H and O–H groups in total. The van der Waals surface area contributed by atoms with Gasteiger partial charge in [0.15, 0.2) is 0 Å². The number of aromatic nitrogens is 2. The monoisotopic (exact) mass is 472 g/mol. The molecule has 2 heterocycles. The second-order valence-electron chi connectivity index (χ2n) is 9.41. The summed E-state index contributed by atoms with van der Waals surface area (Å²) in [5.41, 5.74) is 1.63. The molecule has 0 bridgehead atoms. The van der Waals surface area contributed by atoms with Crippen LogP contribution in [0.25, 0.3) is 11.0 Å². The quantitative estimate of drug-likeness (QED) is 0.512. The summed E-state index contributed by atoms with van der Waals surface area (Å²) in [5.74, 6) is 0.416. The van der Waals surface area contributed by atoms with Crippen molar-refractivity contribution in [2.24, 2.45) is 0 Å². The fourth-order valence-electron chi connectivity index (χ4n) is 4.27. The summed E-state index contributed by atoms with van der Waals surface area (Å²) in [7, 11) is 0. The van der Waals surface area contributed by atoms with Gasteiger partial charge in [0, 0.05) is 29.7 Å². The minimum atomic E-state index is -0.552. The molecular formula is C25H30ClFN4O2. The predicted octanol–water partition coefficient (Wildman–Crippen LogP) is 5.76. The molecule has 176 valence electrons. The molecule has 4 rings (SSSR count). The Morgan fingerprint density at radius 2 is 2.00 bits per heavy atom. The summed E-state index contributed by atoms with van der Waals surface area (Å²) in [6.07, 6.45) is 2.57. The standard InChI is InChI=1S/C25H30ClFN4O2/c1-25(2,3)33-24(32)28-15-17-9-6-7-14-30(17)23-29-21-12-4-5-13-22(21)31(23)16-18-19(26)10-8-11-20(18)27/h4-5,8,10-13,17H,6-7,9,14-16H2,1-3H3,(H,28,32)/t17-/m0/s1. The highest BCUT2D eigenvalue weighted by molar-refractivity contribution is 6.31. The number of benzene rings is 2. The number of anilines is 1. The Balaban J connectivity index is 1.66. The zero-order valence-corrected chi connectivity index (χ0v) is 20.0. The number of hydrogen-bond donors (Lipinski definition) is 1. The zero-order chi connectivity index (χ0) is 23.6. The van der Waals surface area contributed by atoms with Gasteiger partial charge in [-0.25, -0.2) is 14.2 Å². The Morgan fingerprint density at radius 3 is 2.76 bits per heavy atom. The second kappa shape index (κ2) is 9.59. The Hall–Kier alpha value is -2.80. The molecule has 8 heteroatoms. The third kappa shape index (κ3) is 5.41. The Labute approximate surface area is 198 Å². The van der Waals surface area contributed by atoms with Crippen LogP contribution in [0.15, 0.2) is 42.5 Å². The summed E-state index contributed by atoms with van der Waals surface area (Å²) in [4.78, 5) is 19.4. The van der Waals surface area contributed by atoms with Crippen molar-refractivity contribution in [3.63, 3.8) is 0 Å². The second-order valence-corrected chi connectivity index (χ2v) is 9.82. The van der Waals surface area contributed by atoms with Gasteiger partial charge < -0.3 is 19.5 Å². The molecule has 3 aromatic rings. The number of carbonyl (C=O) groups is 1. The van der Waals surface area contributed by atoms with Crippen molar-refractivity contribution in [2.75, 3.05) is 18.0 Å². The van der Waals surface area contributed by atoms with Gasteiger partial charge in [0.25, 0.3) is 0 Å². The number of amides is 1. The van der Waals surface area contributed by atoms with E-state index >= 15 is 0 Å². The van der Waals surface area contributed by atoms with Crippen molar-refractivity contribution < 1.29 is 13.9 Å². The van der Waals surface area contributed by atoms with Crippen molar-refractivity contribution in [1.29, 1.82) is 0 Å². The average Bonchev–Trinajstić information content (AvgIpc) is 3.12. The first-order valence-electron chi connectivity index (χ1n) is 11.3. The minimum absolute atomic E-state index is 0.0536. The van der Waals surface area contributed by atoms with E-state index < -0.39 is 11.7 Å². The number of imidazole rings is 1. The molecule has 0 unspecified atom stereocenters. The van der Waals surface area contributed by atoms with Crippen molar-refractivity contribution in [2.45, 2.75) is 58.2 Å². The molecule has 0 aliphatic carbocycles. The van der Waals surface area contributed by atoms with Crippen LogP contribution in [0.2, 0.25) is 5.02 Å². The maximum Gasteiger partial charge on any atom is 0.407 e. The molecule has 1 aliphatic rings. The van der Waals surface area contributed by atoms with Gasteiger partial charge in [-0.2, -0.15) is 0 Å². The molecule has 0 spiro atoms. The molecule has 1 atom stereocenters. The molecule has 1 amide bonds. The van der Waals surface area contributed by atoms with Crippen LogP contribution in [0.4, 0.5) is 15.1 Å². The van der Waals surface area contributed by atoms with Crippen LogP contribution >= 0.6 is 11.6 Å². The lowest BCUT2D eigenvalue weighted by molar-refractivity contribution is 0.0522. The summed E-state index contributed by atoms with van der Waals surface area (Å²) < 4.78 is 22.1. The van der Waals surface area contributed by atoms with E-state index in [0.717, 1.165) is 42.8 Å². The van der Waals surface area contributed by atoms with Crippen molar-refractivity contribution in [3.8, 4) is 0 Å². The average molecular weight is 473 g/mol. The van der Waals surface area contributed by atoms with E-state index in [9.17, 15) is 9.18 Å². The van der Waals surface area contributed by atoms with Gasteiger partial charge in [-0.15, -0.1) is 0 Å². The van der Waals surface area contributed by atoms with E-state index in [4.69, 9.17) is 21.3 Å². The number of halogens is 2. The van der Waals surface area contributed by atoms with E-state index in [0.29, 0.717) is 17.1 Å². The largest absolute Gasteiger partial charge is 0.444 e. The predicted molar refractivity (Wildman–Crippen MR) is 129 cm³/mol. The topological polar surface area (TPSA) is 59.4 Å². The third-order valence-corrected chi connectivity index (χ3v) is 6.13. The van der Waals surface area contributed by atoms with E-state index in [1.807, 2.05) is 49.6 Å². The first-order chi connectivity index (χ1) is 15.7. The molecular weight excluding hydrogens is 443 g/mol. The van der Waals surface area contributed by atoms with Gasteiger partial charge in [-0.1, -0.05) is 29.8 Å². The number of fused-ring (bicyclic) bond motifs is 1. The maximum atomic E-state index is 14.6. The van der Waals surface area contributed by atoms with Crippen LogP contribution < -0.4 is 10.2 Å². The van der Waals surface area contributed by atoms with Crippen LogP contribution in [0.1, 0.15) is 45.6 Å². The number of ether oxygens (including phenoxy) is 1. The van der Waals surface area contributed by atoms with Crippen molar-refractivity contribution >= 4 is 34.7 Å². The van der Waals surface area contributed by atoms with E-state index in [1.54, 1.807) is 12.1 Å². The number of piperidine rings is 1. The van der Waals surface area contributed by atoms with Crippen LogP contribution in [0.3, 0.4) is 0 Å². The molecule has 0 radical (unpaired) electrons. The first kappa shape index (κ1) is 23.4. The number of rotatable bonds is 5. The Morgan fingerprint density at radius 1 is 1.21 bits per heavy atom. The fraction of sp³-hybridized carbons (Fsp3) is 0.440. The molecule has 1 aromatic heterocycles. The zero-order valence-electron chi connectivity index (χ0n) is 19.3. The third-order valence-electron chi connectivity index (χ3n) is 5.78. The maximum absolute atomic E-state index is 14.6. The lowest BCUT2D eigenvalue weighted by atomic mass is 10.0. The molecule has 2 aromatic carbocycles. The molecule has 1 fully saturated rings. The number of hydrogen-bond acceptors (Lipinski definition) is 4. The number of alkyl carbamates (subject to hydrolysis) is 1. The summed E-state index contributed by atoms with van der Waals surface area (Å²) in [6.45, 7) is 7.04. The molecule has 1 aliphatic heterocycles. The van der Waals surface area contributed by atoms with E-state index in [1.165, 1.54) is 6.07 Å². The Bertz CT molecular complexity index is 1120. The van der Waals surface area contributed by atoms with Gasteiger partial charge in [0.1, 0.15) is 11.4 Å². The van der Waals surface area contributed by atoms with Gasteiger partial charge in [-0.05, 0) is 64.3 Å². The summed E-state index contributed by atoms with van der Waals surface area (Å²) in [5, 5.41) is 3.30. The van der Waals surface area contributed by atoms with E-state index in [-0.39, 0.29) is 18.4 Å². The normalized spacial score (nSPS) is 16.8. The van der Waals surface area contributed by atoms with Gasteiger partial charge in [0.05, 0.1) is 17.6 Å². The van der Waals surface area contributed by atoms with Gasteiger partial charge >= 0.3 is 6.09 Å². The molecule has 6 nitrogen and oxygen atoms in total. The molecule has 33 heavy (non-hydrogen) atoms. The Kier molecular flexibility index (Phi) is 6.79. The fourth-order valence-corrected chi connectivity index (χ4v) is 4.49. The van der Waals surface area contributed by atoms with Crippen LogP contribution in [-0.2, 0) is 11.3 Å². The van der Waals surface area contributed by atoms with E-state index in [2.05, 4.69) is 10.2 Å². The first-order valence-corrected chi connectivity index (χ1v) is 11.7. The number of nitrogens with zero attached hydrogens (tertiary/aromatic N) is 3. The highest BCUT2D eigenvalue weighted by Crippen LogP contribution is 2.31. The summed E-state index contributed by atoms with van der Waals surface area (Å²) >= 11 is 6.35. The highest BCUT2D eigenvalue weighted by atomic mass is 35.5. The number of para-hydroxylation sites is 2. The van der Waals surface area contributed by atoms with Crippen LogP contribution in [0, 0.1) is 5.82 Å². The van der Waals surface area contributed by atoms with Gasteiger partial charge in [0.2, 0.25) is 5.95 Å². The number of nitrogens with one attached hydrogen (secondary N) is 1.